The zero-order chi connectivity index (χ0) is 17.7. The van der Waals surface area contributed by atoms with Gasteiger partial charge in [-0.05, 0) is 66.4 Å². The normalized spacial score (nSPS) is 11.5. The van der Waals surface area contributed by atoms with Crippen molar-refractivity contribution in [3.63, 3.8) is 0 Å². The number of aryl methyl sites for hydroxylation is 2. The number of nitrogens with zero attached hydrogens (tertiary/aromatic N) is 2. The third-order valence-corrected chi connectivity index (χ3v) is 3.46. The standard InChI is InChI=1S/C18H18N2O4/c1-11-5-14(6-12(2)18(11)24)9-20-19-8-13-3-4-16(22)15(7-13)17(23)10-21/h3-9,21-22,24H,10H2,1-2H3/b19-8+,20-9+. The van der Waals surface area contributed by atoms with Crippen molar-refractivity contribution in [2.75, 3.05) is 6.61 Å². The van der Waals surface area contributed by atoms with Crippen molar-refractivity contribution < 1.29 is 20.1 Å². The van der Waals surface area contributed by atoms with E-state index in [0.29, 0.717) is 5.56 Å². The van der Waals surface area contributed by atoms with Gasteiger partial charge in [-0.1, -0.05) is 0 Å². The predicted octanol–water partition coefficient (Wildman–Crippen LogP) is 2.34. The maximum atomic E-state index is 11.5. The molecular formula is C18H18N2O4. The first-order chi connectivity index (χ1) is 11.4. The summed E-state index contributed by atoms with van der Waals surface area (Å²) in [4.78, 5) is 11.5. The molecule has 0 spiro atoms. The molecule has 0 aliphatic heterocycles. The highest BCUT2D eigenvalue weighted by atomic mass is 16.3. The number of Topliss-reactive ketones (excluding diaryl/α,β-unsaturated/α-hetero) is 1. The molecule has 2 aromatic carbocycles. The highest BCUT2D eigenvalue weighted by molar-refractivity contribution is 6.00. The molecule has 124 valence electrons. The summed E-state index contributed by atoms with van der Waals surface area (Å²) in [6, 6.07) is 7.96. The molecule has 0 aliphatic carbocycles. The van der Waals surface area contributed by atoms with Gasteiger partial charge in [-0.2, -0.15) is 10.2 Å². The zero-order valence-corrected chi connectivity index (χ0v) is 13.4. The van der Waals surface area contributed by atoms with E-state index in [0.717, 1.165) is 16.7 Å². The number of carbonyl (C=O) groups excluding carboxylic acids is 1. The molecule has 0 fully saturated rings. The summed E-state index contributed by atoms with van der Waals surface area (Å²) in [6.45, 7) is 2.93. The molecule has 0 saturated carbocycles. The molecule has 0 radical (unpaired) electrons. The summed E-state index contributed by atoms with van der Waals surface area (Å²) in [5.74, 6) is -0.494. The van der Waals surface area contributed by atoms with Crippen LogP contribution < -0.4 is 0 Å². The largest absolute Gasteiger partial charge is 0.507 e. The second-order valence-corrected chi connectivity index (χ2v) is 5.35. The monoisotopic (exact) mass is 326 g/mol. The summed E-state index contributed by atoms with van der Waals surface area (Å²) in [5, 5.41) is 36.0. The Morgan fingerprint density at radius 3 is 2.17 bits per heavy atom. The first-order valence-electron chi connectivity index (χ1n) is 7.26. The molecule has 0 atom stereocenters. The summed E-state index contributed by atoms with van der Waals surface area (Å²) in [7, 11) is 0. The zero-order valence-electron chi connectivity index (χ0n) is 13.4. The summed E-state index contributed by atoms with van der Waals surface area (Å²) in [5.41, 5.74) is 2.93. The van der Waals surface area contributed by atoms with Crippen LogP contribution in [0.1, 0.15) is 32.6 Å². The topological polar surface area (TPSA) is 102 Å². The molecule has 24 heavy (non-hydrogen) atoms. The molecule has 0 bridgehead atoms. The van der Waals surface area contributed by atoms with Crippen LogP contribution in [0.25, 0.3) is 0 Å². The van der Waals surface area contributed by atoms with Crippen molar-refractivity contribution in [1.82, 2.24) is 0 Å². The Kier molecular flexibility index (Phi) is 5.44. The summed E-state index contributed by atoms with van der Waals surface area (Å²) in [6.07, 6.45) is 2.99. The minimum atomic E-state index is -0.675. The van der Waals surface area contributed by atoms with Gasteiger partial charge in [-0.3, -0.25) is 4.79 Å². The Morgan fingerprint density at radius 2 is 1.58 bits per heavy atom. The van der Waals surface area contributed by atoms with Gasteiger partial charge in [0.1, 0.15) is 18.1 Å². The quantitative estimate of drug-likeness (QED) is 0.446. The van der Waals surface area contributed by atoms with Crippen LogP contribution in [0, 0.1) is 13.8 Å². The third kappa shape index (κ3) is 4.05. The van der Waals surface area contributed by atoms with E-state index in [-0.39, 0.29) is 17.1 Å². The minimum Gasteiger partial charge on any atom is -0.507 e. The summed E-state index contributed by atoms with van der Waals surface area (Å²) < 4.78 is 0. The van der Waals surface area contributed by atoms with Gasteiger partial charge in [0.2, 0.25) is 0 Å². The van der Waals surface area contributed by atoms with Crippen LogP contribution in [0.5, 0.6) is 11.5 Å². The van der Waals surface area contributed by atoms with E-state index in [1.54, 1.807) is 38.3 Å². The number of benzene rings is 2. The van der Waals surface area contributed by atoms with E-state index >= 15 is 0 Å². The molecular weight excluding hydrogens is 308 g/mol. The lowest BCUT2D eigenvalue weighted by Gasteiger charge is -2.03. The average molecular weight is 326 g/mol. The van der Waals surface area contributed by atoms with E-state index in [9.17, 15) is 15.0 Å². The molecule has 0 heterocycles. The Bertz CT molecular complexity index is 803. The van der Waals surface area contributed by atoms with Crippen LogP contribution in [0.3, 0.4) is 0 Å². The first-order valence-corrected chi connectivity index (χ1v) is 7.26. The van der Waals surface area contributed by atoms with Crippen molar-refractivity contribution in [3.8, 4) is 11.5 Å². The van der Waals surface area contributed by atoms with Gasteiger partial charge in [0.05, 0.1) is 18.0 Å². The number of ketones is 1. The van der Waals surface area contributed by atoms with Gasteiger partial charge < -0.3 is 15.3 Å². The van der Waals surface area contributed by atoms with Crippen LogP contribution in [-0.4, -0.2) is 40.1 Å². The molecule has 0 aliphatic rings. The van der Waals surface area contributed by atoms with Gasteiger partial charge in [-0.25, -0.2) is 0 Å². The van der Waals surface area contributed by atoms with Gasteiger partial charge >= 0.3 is 0 Å². The fraction of sp³-hybridized carbons (Fsp3) is 0.167. The van der Waals surface area contributed by atoms with Crippen molar-refractivity contribution >= 4 is 18.2 Å². The average Bonchev–Trinajstić information content (AvgIpc) is 2.57. The maximum Gasteiger partial charge on any atom is 0.191 e. The summed E-state index contributed by atoms with van der Waals surface area (Å²) >= 11 is 0. The van der Waals surface area contributed by atoms with Gasteiger partial charge in [-0.15, -0.1) is 0 Å². The van der Waals surface area contributed by atoms with E-state index in [1.165, 1.54) is 18.3 Å². The van der Waals surface area contributed by atoms with E-state index < -0.39 is 12.4 Å². The number of aromatic hydroxyl groups is 2. The lowest BCUT2D eigenvalue weighted by atomic mass is 10.1. The van der Waals surface area contributed by atoms with Crippen LogP contribution in [-0.2, 0) is 0 Å². The van der Waals surface area contributed by atoms with E-state index in [2.05, 4.69) is 10.2 Å². The molecule has 6 nitrogen and oxygen atoms in total. The van der Waals surface area contributed by atoms with E-state index in [4.69, 9.17) is 5.11 Å². The SMILES string of the molecule is Cc1cc(/C=N/N=C/c2ccc(O)c(C(=O)CO)c2)cc(C)c1O. The van der Waals surface area contributed by atoms with Crippen LogP contribution in [0.2, 0.25) is 0 Å². The molecule has 2 rings (SSSR count). The van der Waals surface area contributed by atoms with Crippen LogP contribution in [0.4, 0.5) is 0 Å². The first kappa shape index (κ1) is 17.4. The molecule has 6 heteroatoms. The second-order valence-electron chi connectivity index (χ2n) is 5.35. The molecule has 0 saturated heterocycles. The lowest BCUT2D eigenvalue weighted by Crippen LogP contribution is -2.05. The Balaban J connectivity index is 2.16. The van der Waals surface area contributed by atoms with Crippen LogP contribution in [0.15, 0.2) is 40.5 Å². The molecule has 2 aromatic rings. The minimum absolute atomic E-state index is 0.0372. The van der Waals surface area contributed by atoms with Crippen molar-refractivity contribution in [3.05, 3.63) is 58.1 Å². The number of hydrogen-bond acceptors (Lipinski definition) is 6. The van der Waals surface area contributed by atoms with Crippen molar-refractivity contribution in [1.29, 1.82) is 0 Å². The van der Waals surface area contributed by atoms with Crippen LogP contribution >= 0.6 is 0 Å². The Morgan fingerprint density at radius 1 is 1.00 bits per heavy atom. The number of phenolic OH excluding ortho intramolecular Hbond substituents is 2. The number of aliphatic hydroxyl groups is 1. The fourth-order valence-electron chi connectivity index (χ4n) is 2.21. The van der Waals surface area contributed by atoms with Gasteiger partial charge in [0.15, 0.2) is 5.78 Å². The van der Waals surface area contributed by atoms with Gasteiger partial charge in [0, 0.05) is 0 Å². The molecule has 0 amide bonds. The lowest BCUT2D eigenvalue weighted by molar-refractivity contribution is 0.0901. The number of hydrogen-bond donors (Lipinski definition) is 3. The number of aliphatic hydroxyl groups excluding tert-OH is 1. The van der Waals surface area contributed by atoms with E-state index in [1.807, 2.05) is 0 Å². The number of rotatable bonds is 5. The van der Waals surface area contributed by atoms with Crippen molar-refractivity contribution in [2.24, 2.45) is 10.2 Å². The third-order valence-electron chi connectivity index (χ3n) is 3.46. The number of phenols is 2. The second kappa shape index (κ2) is 7.52. The smallest absolute Gasteiger partial charge is 0.191 e. The van der Waals surface area contributed by atoms with Crippen molar-refractivity contribution in [2.45, 2.75) is 13.8 Å². The Labute approximate surface area is 139 Å². The molecule has 3 N–H and O–H groups in total. The maximum absolute atomic E-state index is 11.5. The highest BCUT2D eigenvalue weighted by Gasteiger charge is 2.10. The highest BCUT2D eigenvalue weighted by Crippen LogP contribution is 2.22. The molecule has 0 unspecified atom stereocenters. The molecule has 0 aromatic heterocycles. The number of carbonyl (C=O) groups is 1. The van der Waals surface area contributed by atoms with Gasteiger partial charge in [0.25, 0.3) is 0 Å². The fourth-order valence-corrected chi connectivity index (χ4v) is 2.21. The predicted molar refractivity (Wildman–Crippen MR) is 92.3 cm³/mol. The Hall–Kier alpha value is -2.99.